The molecule has 2 rings (SSSR count). The molecule has 1 atom stereocenters. The lowest BCUT2D eigenvalue weighted by atomic mass is 10.2. The standard InChI is InChI=1S/C13H12ClNO2S2/c1-7(9-5-6-12(14)19-9)15-13(17)11-4-3-10(18-11)8(2)16/h3-7H,1-2H3,(H,15,17)/t7-/m1/s1. The van der Waals surface area contributed by atoms with Crippen LogP contribution in [0.1, 0.15) is 44.1 Å². The van der Waals surface area contributed by atoms with Gasteiger partial charge < -0.3 is 5.32 Å². The lowest BCUT2D eigenvalue weighted by Gasteiger charge is -2.10. The van der Waals surface area contributed by atoms with Gasteiger partial charge in [-0.3, -0.25) is 9.59 Å². The molecule has 6 heteroatoms. The largest absolute Gasteiger partial charge is 0.344 e. The van der Waals surface area contributed by atoms with Crippen molar-refractivity contribution in [1.29, 1.82) is 0 Å². The summed E-state index contributed by atoms with van der Waals surface area (Å²) in [4.78, 5) is 25.4. The van der Waals surface area contributed by atoms with Crippen LogP contribution in [0.5, 0.6) is 0 Å². The van der Waals surface area contributed by atoms with Crippen molar-refractivity contribution in [3.05, 3.63) is 43.2 Å². The Balaban J connectivity index is 2.06. The lowest BCUT2D eigenvalue weighted by Crippen LogP contribution is -2.25. The van der Waals surface area contributed by atoms with Gasteiger partial charge in [-0.25, -0.2) is 0 Å². The molecule has 0 aliphatic rings. The second-order valence-electron chi connectivity index (χ2n) is 4.06. The molecular weight excluding hydrogens is 302 g/mol. The van der Waals surface area contributed by atoms with E-state index >= 15 is 0 Å². The summed E-state index contributed by atoms with van der Waals surface area (Å²) in [7, 11) is 0. The summed E-state index contributed by atoms with van der Waals surface area (Å²) in [5.74, 6) is -0.198. The summed E-state index contributed by atoms with van der Waals surface area (Å²) >= 11 is 8.52. The van der Waals surface area contributed by atoms with Gasteiger partial charge in [-0.2, -0.15) is 0 Å². The molecule has 1 N–H and O–H groups in total. The number of carbonyl (C=O) groups excluding carboxylic acids is 2. The molecule has 100 valence electrons. The van der Waals surface area contributed by atoms with Crippen LogP contribution in [0.2, 0.25) is 4.34 Å². The van der Waals surface area contributed by atoms with Crippen molar-refractivity contribution in [3.8, 4) is 0 Å². The number of rotatable bonds is 4. The van der Waals surface area contributed by atoms with Crippen molar-refractivity contribution < 1.29 is 9.59 Å². The van der Waals surface area contributed by atoms with Crippen LogP contribution < -0.4 is 5.32 Å². The van der Waals surface area contributed by atoms with Gasteiger partial charge in [0, 0.05) is 4.88 Å². The summed E-state index contributed by atoms with van der Waals surface area (Å²) < 4.78 is 0.700. The molecule has 1 amide bonds. The van der Waals surface area contributed by atoms with Crippen molar-refractivity contribution in [2.75, 3.05) is 0 Å². The van der Waals surface area contributed by atoms with E-state index in [0.717, 1.165) is 4.88 Å². The molecule has 0 bridgehead atoms. The van der Waals surface area contributed by atoms with Crippen LogP contribution in [0.15, 0.2) is 24.3 Å². The van der Waals surface area contributed by atoms with E-state index in [1.54, 1.807) is 12.1 Å². The highest BCUT2D eigenvalue weighted by atomic mass is 35.5. The molecule has 0 aliphatic heterocycles. The van der Waals surface area contributed by atoms with E-state index in [2.05, 4.69) is 5.32 Å². The SMILES string of the molecule is CC(=O)c1ccc(C(=O)N[C@H](C)c2ccc(Cl)s2)s1. The van der Waals surface area contributed by atoms with Crippen LogP contribution in [0, 0.1) is 0 Å². The fourth-order valence-corrected chi connectivity index (χ4v) is 3.42. The third-order valence-corrected chi connectivity index (χ3v) is 5.14. The van der Waals surface area contributed by atoms with Crippen molar-refractivity contribution in [1.82, 2.24) is 5.32 Å². The average molecular weight is 314 g/mol. The fraction of sp³-hybridized carbons (Fsp3) is 0.231. The number of nitrogens with one attached hydrogen (secondary N) is 1. The maximum absolute atomic E-state index is 12.0. The molecule has 0 fully saturated rings. The van der Waals surface area contributed by atoms with Crippen LogP contribution in [-0.2, 0) is 0 Å². The number of halogens is 1. The van der Waals surface area contributed by atoms with Gasteiger partial charge in [0.25, 0.3) is 5.91 Å². The maximum Gasteiger partial charge on any atom is 0.261 e. The zero-order valence-corrected chi connectivity index (χ0v) is 12.8. The summed E-state index contributed by atoms with van der Waals surface area (Å²) in [5, 5.41) is 2.89. The molecule has 0 unspecified atom stereocenters. The molecule has 19 heavy (non-hydrogen) atoms. The Morgan fingerprint density at radius 2 is 1.84 bits per heavy atom. The number of thiophene rings is 2. The van der Waals surface area contributed by atoms with Crippen LogP contribution in [0.25, 0.3) is 0 Å². The molecule has 2 aromatic heterocycles. The van der Waals surface area contributed by atoms with E-state index in [4.69, 9.17) is 11.6 Å². The van der Waals surface area contributed by atoms with Crippen LogP contribution in [-0.4, -0.2) is 11.7 Å². The molecule has 0 saturated heterocycles. The van der Waals surface area contributed by atoms with Crippen LogP contribution >= 0.6 is 34.3 Å². The predicted molar refractivity (Wildman–Crippen MR) is 79.5 cm³/mol. The quantitative estimate of drug-likeness (QED) is 0.862. The van der Waals surface area contributed by atoms with E-state index in [1.165, 1.54) is 29.6 Å². The van der Waals surface area contributed by atoms with Crippen molar-refractivity contribution in [3.63, 3.8) is 0 Å². The smallest absolute Gasteiger partial charge is 0.261 e. The molecule has 3 nitrogen and oxygen atoms in total. The Labute approximate surface area is 124 Å². The second-order valence-corrected chi connectivity index (χ2v) is 6.89. The molecule has 0 aromatic carbocycles. The number of hydrogen-bond acceptors (Lipinski definition) is 4. The average Bonchev–Trinajstić information content (AvgIpc) is 2.96. The Hall–Kier alpha value is -1.17. The van der Waals surface area contributed by atoms with Gasteiger partial charge in [0.05, 0.1) is 20.1 Å². The zero-order valence-electron chi connectivity index (χ0n) is 10.4. The van der Waals surface area contributed by atoms with Gasteiger partial charge in [0.15, 0.2) is 5.78 Å². The number of carbonyl (C=O) groups is 2. The highest BCUT2D eigenvalue weighted by Crippen LogP contribution is 2.27. The first-order valence-corrected chi connectivity index (χ1v) is 7.65. The lowest BCUT2D eigenvalue weighted by molar-refractivity contribution is 0.0944. The Morgan fingerprint density at radius 1 is 1.16 bits per heavy atom. The van der Waals surface area contributed by atoms with E-state index in [9.17, 15) is 9.59 Å². The third-order valence-electron chi connectivity index (χ3n) is 2.55. The Kier molecular flexibility index (Phi) is 4.39. The maximum atomic E-state index is 12.0. The van der Waals surface area contributed by atoms with Crippen molar-refractivity contribution in [2.24, 2.45) is 0 Å². The van der Waals surface area contributed by atoms with Gasteiger partial charge in [-0.15, -0.1) is 22.7 Å². The molecule has 0 saturated carbocycles. The number of ketones is 1. The zero-order chi connectivity index (χ0) is 14.0. The molecular formula is C13H12ClNO2S2. The van der Waals surface area contributed by atoms with Gasteiger partial charge in [0.1, 0.15) is 0 Å². The first-order chi connectivity index (χ1) is 8.97. The van der Waals surface area contributed by atoms with Crippen molar-refractivity contribution in [2.45, 2.75) is 19.9 Å². The van der Waals surface area contributed by atoms with E-state index in [-0.39, 0.29) is 17.7 Å². The monoisotopic (exact) mass is 313 g/mol. The minimum absolute atomic E-state index is 0.0258. The highest BCUT2D eigenvalue weighted by Gasteiger charge is 2.15. The minimum Gasteiger partial charge on any atom is -0.344 e. The second kappa shape index (κ2) is 5.86. The van der Waals surface area contributed by atoms with Crippen molar-refractivity contribution >= 4 is 46.0 Å². The first-order valence-electron chi connectivity index (χ1n) is 5.64. The summed E-state index contributed by atoms with van der Waals surface area (Å²) in [5.41, 5.74) is 0. The van der Waals surface area contributed by atoms with Gasteiger partial charge in [-0.05, 0) is 38.1 Å². The van der Waals surface area contributed by atoms with Crippen LogP contribution in [0.3, 0.4) is 0 Å². The normalized spacial score (nSPS) is 12.2. The van der Waals surface area contributed by atoms with Gasteiger partial charge >= 0.3 is 0 Å². The molecule has 2 aromatic rings. The van der Waals surface area contributed by atoms with E-state index in [0.29, 0.717) is 14.1 Å². The number of hydrogen-bond donors (Lipinski definition) is 1. The molecule has 0 spiro atoms. The summed E-state index contributed by atoms with van der Waals surface area (Å²) in [6, 6.07) is 6.95. The molecule has 2 heterocycles. The topological polar surface area (TPSA) is 46.2 Å². The number of amides is 1. The summed E-state index contributed by atoms with van der Waals surface area (Å²) in [6.45, 7) is 3.39. The van der Waals surface area contributed by atoms with Gasteiger partial charge in [0.2, 0.25) is 0 Å². The predicted octanol–water partition coefficient (Wildman–Crippen LogP) is 4.16. The fourth-order valence-electron chi connectivity index (χ4n) is 1.55. The Bertz CT molecular complexity index is 618. The third kappa shape index (κ3) is 3.43. The first kappa shape index (κ1) is 14.2. The van der Waals surface area contributed by atoms with E-state index < -0.39 is 0 Å². The van der Waals surface area contributed by atoms with Crippen LogP contribution in [0.4, 0.5) is 0 Å². The molecule has 0 radical (unpaired) electrons. The summed E-state index contributed by atoms with van der Waals surface area (Å²) in [6.07, 6.45) is 0. The Morgan fingerprint density at radius 3 is 2.37 bits per heavy atom. The van der Waals surface area contributed by atoms with E-state index in [1.807, 2.05) is 19.1 Å². The highest BCUT2D eigenvalue weighted by molar-refractivity contribution is 7.16. The minimum atomic E-state index is -0.172. The van der Waals surface area contributed by atoms with Gasteiger partial charge in [-0.1, -0.05) is 11.6 Å². The number of Topliss-reactive ketones (excluding diaryl/α,β-unsaturated/α-hetero) is 1. The molecule has 0 aliphatic carbocycles.